The van der Waals surface area contributed by atoms with Gasteiger partial charge in [0.2, 0.25) is 0 Å². The van der Waals surface area contributed by atoms with Crippen molar-refractivity contribution in [1.29, 1.82) is 0 Å². The summed E-state index contributed by atoms with van der Waals surface area (Å²) in [5.41, 5.74) is -1.45. The molecule has 0 unspecified atom stereocenters. The zero-order chi connectivity index (χ0) is 15.8. The number of thiophene rings is 1. The van der Waals surface area contributed by atoms with Gasteiger partial charge in [-0.1, -0.05) is 18.9 Å². The van der Waals surface area contributed by atoms with E-state index in [0.717, 1.165) is 54.6 Å². The van der Waals surface area contributed by atoms with Gasteiger partial charge in [0.15, 0.2) is 11.7 Å². The number of likely N-dealkylation sites (tertiary alicyclic amines) is 1. The van der Waals surface area contributed by atoms with Crippen molar-refractivity contribution in [2.24, 2.45) is 5.92 Å². The largest absolute Gasteiger partial charge is 1.00 e. The number of carbonyl (C=O) groups is 1. The van der Waals surface area contributed by atoms with Crippen LogP contribution in [0.4, 0.5) is 0 Å². The monoisotopic (exact) mass is 403 g/mol. The molecule has 2 heterocycles. The van der Waals surface area contributed by atoms with Crippen molar-refractivity contribution in [2.45, 2.75) is 43.8 Å². The van der Waals surface area contributed by atoms with Crippen molar-refractivity contribution in [3.05, 3.63) is 22.4 Å². The number of carbonyl (C=O) groups excluding carboxylic acids is 1. The summed E-state index contributed by atoms with van der Waals surface area (Å²) in [6.45, 7) is 1.84. The van der Waals surface area contributed by atoms with Crippen LogP contribution >= 0.6 is 11.3 Å². The van der Waals surface area contributed by atoms with Crippen molar-refractivity contribution in [2.75, 3.05) is 27.2 Å². The van der Waals surface area contributed by atoms with Crippen LogP contribution in [0.1, 0.15) is 37.0 Å². The van der Waals surface area contributed by atoms with Crippen LogP contribution in [0.3, 0.4) is 0 Å². The molecule has 130 valence electrons. The molecule has 0 amide bonds. The fraction of sp³-hybridized carbons (Fsp3) is 0.706. The molecule has 1 aliphatic carbocycles. The van der Waals surface area contributed by atoms with Crippen LogP contribution in [0, 0.1) is 5.92 Å². The number of rotatable bonds is 4. The Balaban J connectivity index is 0.00000192. The van der Waals surface area contributed by atoms with E-state index in [1.165, 1.54) is 11.3 Å². The highest BCUT2D eigenvalue weighted by atomic mass is 79.9. The number of aliphatic hydroxyl groups is 1. The van der Waals surface area contributed by atoms with Gasteiger partial charge in [0, 0.05) is 17.2 Å². The molecule has 1 saturated heterocycles. The number of nitrogens with zero attached hydrogens (tertiary/aromatic N) is 1. The Morgan fingerprint density at radius 3 is 2.57 bits per heavy atom. The molecule has 1 saturated carbocycles. The van der Waals surface area contributed by atoms with Gasteiger partial charge in [0.05, 0.1) is 20.6 Å². The second-order valence-corrected chi connectivity index (χ2v) is 8.33. The Morgan fingerprint density at radius 1 is 1.35 bits per heavy atom. The fourth-order valence-corrected chi connectivity index (χ4v) is 4.76. The Bertz CT molecular complexity index is 528. The van der Waals surface area contributed by atoms with Gasteiger partial charge in [-0.15, -0.1) is 11.3 Å². The lowest BCUT2D eigenvalue weighted by atomic mass is 9.84. The van der Waals surface area contributed by atoms with Crippen molar-refractivity contribution < 1.29 is 36.1 Å². The maximum atomic E-state index is 12.8. The smallest absolute Gasteiger partial charge is 0.344 e. The lowest BCUT2D eigenvalue weighted by Crippen LogP contribution is -3.00. The van der Waals surface area contributed by atoms with Gasteiger partial charge in [0.25, 0.3) is 0 Å². The normalized spacial score (nSPS) is 26.5. The van der Waals surface area contributed by atoms with Crippen LogP contribution in [0.25, 0.3) is 0 Å². The molecule has 6 heteroatoms. The van der Waals surface area contributed by atoms with Crippen LogP contribution in [0.15, 0.2) is 17.5 Å². The molecule has 3 rings (SSSR count). The van der Waals surface area contributed by atoms with E-state index in [0.29, 0.717) is 0 Å². The molecule has 1 aromatic heterocycles. The average molecular weight is 404 g/mol. The SMILES string of the molecule is C[N+]1(C)CC[C@@H](OC(=O)[C@](O)(c2cccs2)C2CCCC2)C1.[Br-]. The fourth-order valence-electron chi connectivity index (χ4n) is 3.87. The highest BCUT2D eigenvalue weighted by Gasteiger charge is 2.50. The average Bonchev–Trinajstić information content (AvgIpc) is 3.19. The summed E-state index contributed by atoms with van der Waals surface area (Å²) in [4.78, 5) is 13.6. The first-order valence-corrected chi connectivity index (χ1v) is 9.09. The summed E-state index contributed by atoms with van der Waals surface area (Å²) >= 11 is 1.45. The molecule has 2 aliphatic rings. The minimum absolute atomic E-state index is 0. The van der Waals surface area contributed by atoms with E-state index in [9.17, 15) is 9.90 Å². The topological polar surface area (TPSA) is 46.5 Å². The molecule has 0 aromatic carbocycles. The van der Waals surface area contributed by atoms with Gasteiger partial charge in [-0.05, 0) is 24.3 Å². The molecule has 23 heavy (non-hydrogen) atoms. The zero-order valence-electron chi connectivity index (χ0n) is 13.8. The molecule has 0 bridgehead atoms. The molecule has 2 fully saturated rings. The minimum atomic E-state index is -1.45. The number of halogens is 1. The number of ether oxygens (including phenoxy) is 1. The lowest BCUT2D eigenvalue weighted by Gasteiger charge is -2.32. The minimum Gasteiger partial charge on any atom is -1.00 e. The standard InChI is InChI=1S/C17H26NO3S.BrH/c1-18(2)10-9-14(12-18)21-16(19)17(20,13-6-3-4-7-13)15-8-5-11-22-15;/h5,8,11,13-14,20H,3-4,6-7,9-10,12H2,1-2H3;1H/q+1;/p-1/t14-,17-;/m1./s1. The third-order valence-electron chi connectivity index (χ3n) is 5.18. The Kier molecular flexibility index (Phi) is 5.93. The second-order valence-electron chi connectivity index (χ2n) is 7.38. The molecular formula is C17H26BrNO3S. The summed E-state index contributed by atoms with van der Waals surface area (Å²) in [7, 11) is 4.30. The first-order valence-electron chi connectivity index (χ1n) is 8.21. The van der Waals surface area contributed by atoms with E-state index in [1.807, 2.05) is 17.5 Å². The second kappa shape index (κ2) is 7.21. The first kappa shape index (κ1) is 18.9. The lowest BCUT2D eigenvalue weighted by molar-refractivity contribution is -0.879. The van der Waals surface area contributed by atoms with Gasteiger partial charge in [-0.2, -0.15) is 0 Å². The number of likely N-dealkylation sites (N-methyl/N-ethyl adjacent to an activating group) is 1. The van der Waals surface area contributed by atoms with Gasteiger partial charge in [0.1, 0.15) is 6.54 Å². The molecular weight excluding hydrogens is 378 g/mol. The first-order chi connectivity index (χ1) is 10.4. The zero-order valence-corrected chi connectivity index (χ0v) is 16.2. The van der Waals surface area contributed by atoms with Crippen LogP contribution < -0.4 is 17.0 Å². The summed E-state index contributed by atoms with van der Waals surface area (Å²) in [5, 5.41) is 13.2. The van der Waals surface area contributed by atoms with E-state index in [4.69, 9.17) is 4.74 Å². The maximum Gasteiger partial charge on any atom is 0.344 e. The van der Waals surface area contributed by atoms with Gasteiger partial charge >= 0.3 is 5.97 Å². The third kappa shape index (κ3) is 3.81. The van der Waals surface area contributed by atoms with Crippen molar-refractivity contribution in [1.82, 2.24) is 0 Å². The Hall–Kier alpha value is -0.430. The summed E-state index contributed by atoms with van der Waals surface area (Å²) in [6.07, 6.45) is 4.77. The molecule has 0 radical (unpaired) electrons. The Labute approximate surface area is 152 Å². The van der Waals surface area contributed by atoms with Crippen LogP contribution in [-0.2, 0) is 15.1 Å². The molecule has 1 N–H and O–H groups in total. The summed E-state index contributed by atoms with van der Waals surface area (Å²) in [6, 6.07) is 3.75. The van der Waals surface area contributed by atoms with E-state index < -0.39 is 11.6 Å². The quantitative estimate of drug-likeness (QED) is 0.545. The van der Waals surface area contributed by atoms with Crippen molar-refractivity contribution in [3.63, 3.8) is 0 Å². The number of hydrogen-bond donors (Lipinski definition) is 1. The summed E-state index contributed by atoms with van der Waals surface area (Å²) in [5.74, 6) is -0.448. The van der Waals surface area contributed by atoms with Gasteiger partial charge in [-0.25, -0.2) is 4.79 Å². The van der Waals surface area contributed by atoms with Crippen molar-refractivity contribution in [3.8, 4) is 0 Å². The highest BCUT2D eigenvalue weighted by molar-refractivity contribution is 7.10. The van der Waals surface area contributed by atoms with E-state index >= 15 is 0 Å². The van der Waals surface area contributed by atoms with Crippen LogP contribution in [0.5, 0.6) is 0 Å². The summed E-state index contributed by atoms with van der Waals surface area (Å²) < 4.78 is 6.62. The van der Waals surface area contributed by atoms with Gasteiger partial charge < -0.3 is 31.3 Å². The third-order valence-corrected chi connectivity index (χ3v) is 6.18. The molecule has 4 nitrogen and oxygen atoms in total. The van der Waals surface area contributed by atoms with Crippen LogP contribution in [-0.4, -0.2) is 48.8 Å². The molecule has 2 atom stereocenters. The maximum absolute atomic E-state index is 12.8. The van der Waals surface area contributed by atoms with Gasteiger partial charge in [-0.3, -0.25) is 0 Å². The Morgan fingerprint density at radius 2 is 2.04 bits per heavy atom. The van der Waals surface area contributed by atoms with E-state index in [2.05, 4.69) is 14.1 Å². The predicted octanol–water partition coefficient (Wildman–Crippen LogP) is -0.478. The number of esters is 1. The van der Waals surface area contributed by atoms with Crippen LogP contribution in [0.2, 0.25) is 0 Å². The molecule has 0 spiro atoms. The number of hydrogen-bond acceptors (Lipinski definition) is 4. The molecule has 1 aliphatic heterocycles. The van der Waals surface area contributed by atoms with E-state index in [-0.39, 0.29) is 29.0 Å². The molecule has 1 aromatic rings. The van der Waals surface area contributed by atoms with E-state index in [1.54, 1.807) is 0 Å². The number of quaternary nitrogens is 1. The van der Waals surface area contributed by atoms with Crippen molar-refractivity contribution >= 4 is 17.3 Å². The highest BCUT2D eigenvalue weighted by Crippen LogP contribution is 2.43. The predicted molar refractivity (Wildman–Crippen MR) is 86.5 cm³/mol.